The van der Waals surface area contributed by atoms with Crippen LogP contribution in [0.5, 0.6) is 5.75 Å². The summed E-state index contributed by atoms with van der Waals surface area (Å²) in [6.45, 7) is 4.71. The summed E-state index contributed by atoms with van der Waals surface area (Å²) >= 11 is 0. The van der Waals surface area contributed by atoms with Crippen LogP contribution in [0.1, 0.15) is 36.8 Å². The third kappa shape index (κ3) is 3.97. The number of hydrogen-bond donors (Lipinski definition) is 2. The van der Waals surface area contributed by atoms with Crippen molar-refractivity contribution in [2.75, 3.05) is 13.2 Å². The maximum Gasteiger partial charge on any atom is 0.223 e. The summed E-state index contributed by atoms with van der Waals surface area (Å²) in [4.78, 5) is 11.7. The maximum absolute atomic E-state index is 11.7. The molecule has 0 saturated heterocycles. The van der Waals surface area contributed by atoms with Gasteiger partial charge in [-0.3, -0.25) is 4.79 Å². The summed E-state index contributed by atoms with van der Waals surface area (Å²) in [5.74, 6) is 0.756. The Bertz CT molecular complexity index is 481. The number of rotatable bonds is 6. The molecule has 1 aliphatic rings. The van der Waals surface area contributed by atoms with Crippen LogP contribution in [0, 0.1) is 13.8 Å². The molecule has 0 radical (unpaired) electrons. The number of ether oxygens (including phenoxy) is 1. The average molecular weight is 277 g/mol. The van der Waals surface area contributed by atoms with Crippen LogP contribution in [0.25, 0.3) is 0 Å². The third-order valence-corrected chi connectivity index (χ3v) is 3.83. The number of nitrogens with one attached hydrogen (secondary N) is 1. The second-order valence-electron chi connectivity index (χ2n) is 5.72. The molecule has 20 heavy (non-hydrogen) atoms. The van der Waals surface area contributed by atoms with Gasteiger partial charge in [0.05, 0.1) is 18.6 Å². The highest BCUT2D eigenvalue weighted by Gasteiger charge is 2.34. The molecule has 1 saturated carbocycles. The van der Waals surface area contributed by atoms with Crippen molar-refractivity contribution in [2.45, 2.75) is 45.1 Å². The number of aliphatic hydroxyl groups is 1. The smallest absolute Gasteiger partial charge is 0.223 e. The Labute approximate surface area is 120 Å². The third-order valence-electron chi connectivity index (χ3n) is 3.83. The first-order valence-corrected chi connectivity index (χ1v) is 7.18. The minimum Gasteiger partial charge on any atom is -0.493 e. The average Bonchev–Trinajstić information content (AvgIpc) is 2.38. The van der Waals surface area contributed by atoms with E-state index in [1.54, 1.807) is 0 Å². The van der Waals surface area contributed by atoms with E-state index in [4.69, 9.17) is 4.74 Å². The van der Waals surface area contributed by atoms with Gasteiger partial charge in [0.2, 0.25) is 5.91 Å². The SMILES string of the molecule is Cc1ccc(C)c(OCCC(=O)NCC2(O)CCC2)c1. The van der Waals surface area contributed by atoms with E-state index in [0.717, 1.165) is 36.1 Å². The molecule has 4 heteroatoms. The zero-order chi connectivity index (χ0) is 14.6. The molecule has 1 amide bonds. The van der Waals surface area contributed by atoms with E-state index < -0.39 is 5.60 Å². The van der Waals surface area contributed by atoms with E-state index >= 15 is 0 Å². The molecule has 1 fully saturated rings. The van der Waals surface area contributed by atoms with Gasteiger partial charge in [0, 0.05) is 6.54 Å². The minimum absolute atomic E-state index is 0.0735. The zero-order valence-electron chi connectivity index (χ0n) is 12.2. The van der Waals surface area contributed by atoms with Crippen LogP contribution in [0.15, 0.2) is 18.2 Å². The van der Waals surface area contributed by atoms with E-state index in [1.807, 2.05) is 32.0 Å². The summed E-state index contributed by atoms with van der Waals surface area (Å²) in [7, 11) is 0. The summed E-state index contributed by atoms with van der Waals surface area (Å²) in [5, 5.41) is 12.7. The van der Waals surface area contributed by atoms with E-state index in [9.17, 15) is 9.90 Å². The predicted octanol–water partition coefficient (Wildman–Crippen LogP) is 2.10. The lowest BCUT2D eigenvalue weighted by Crippen LogP contribution is -2.47. The van der Waals surface area contributed by atoms with Crippen LogP contribution < -0.4 is 10.1 Å². The molecule has 0 unspecified atom stereocenters. The molecule has 4 nitrogen and oxygen atoms in total. The molecule has 110 valence electrons. The highest BCUT2D eigenvalue weighted by Crippen LogP contribution is 2.30. The highest BCUT2D eigenvalue weighted by molar-refractivity contribution is 5.76. The Morgan fingerprint density at radius 2 is 2.15 bits per heavy atom. The molecule has 0 bridgehead atoms. The highest BCUT2D eigenvalue weighted by atomic mass is 16.5. The quantitative estimate of drug-likeness (QED) is 0.837. The summed E-state index contributed by atoms with van der Waals surface area (Å²) in [6, 6.07) is 6.02. The van der Waals surface area contributed by atoms with Crippen LogP contribution in [0.2, 0.25) is 0 Å². The van der Waals surface area contributed by atoms with Crippen LogP contribution in [0.3, 0.4) is 0 Å². The Kier molecular flexibility index (Phi) is 4.65. The number of benzene rings is 1. The van der Waals surface area contributed by atoms with E-state index in [-0.39, 0.29) is 5.91 Å². The normalized spacial score (nSPS) is 16.4. The van der Waals surface area contributed by atoms with Gasteiger partial charge in [-0.25, -0.2) is 0 Å². The Morgan fingerprint density at radius 3 is 2.80 bits per heavy atom. The van der Waals surface area contributed by atoms with Gasteiger partial charge in [0.25, 0.3) is 0 Å². The lowest BCUT2D eigenvalue weighted by atomic mass is 9.80. The molecule has 0 heterocycles. The molecule has 0 atom stereocenters. The fraction of sp³-hybridized carbons (Fsp3) is 0.562. The maximum atomic E-state index is 11.7. The number of carbonyl (C=O) groups excluding carboxylic acids is 1. The minimum atomic E-state index is -0.663. The fourth-order valence-corrected chi connectivity index (χ4v) is 2.23. The van der Waals surface area contributed by atoms with Gasteiger partial charge in [-0.1, -0.05) is 12.1 Å². The summed E-state index contributed by atoms with van der Waals surface area (Å²) in [5.41, 5.74) is 1.55. The number of aryl methyl sites for hydroxylation is 2. The molecule has 0 aliphatic heterocycles. The number of carbonyl (C=O) groups is 1. The fourth-order valence-electron chi connectivity index (χ4n) is 2.23. The first kappa shape index (κ1) is 14.9. The number of hydrogen-bond acceptors (Lipinski definition) is 3. The molecule has 1 aromatic rings. The molecular weight excluding hydrogens is 254 g/mol. The van der Waals surface area contributed by atoms with Crippen molar-refractivity contribution >= 4 is 5.91 Å². The van der Waals surface area contributed by atoms with Gasteiger partial charge in [-0.15, -0.1) is 0 Å². The Balaban J connectivity index is 1.69. The predicted molar refractivity (Wildman–Crippen MR) is 77.8 cm³/mol. The van der Waals surface area contributed by atoms with Gasteiger partial charge < -0.3 is 15.2 Å². The van der Waals surface area contributed by atoms with Crippen molar-refractivity contribution in [1.82, 2.24) is 5.32 Å². The Morgan fingerprint density at radius 1 is 1.40 bits per heavy atom. The monoisotopic (exact) mass is 277 g/mol. The van der Waals surface area contributed by atoms with E-state index in [0.29, 0.717) is 19.6 Å². The van der Waals surface area contributed by atoms with Crippen LogP contribution in [0.4, 0.5) is 0 Å². The molecule has 1 aromatic carbocycles. The molecule has 0 spiro atoms. The van der Waals surface area contributed by atoms with Gasteiger partial charge in [0.15, 0.2) is 0 Å². The van der Waals surface area contributed by atoms with Crippen molar-refractivity contribution in [1.29, 1.82) is 0 Å². The first-order valence-electron chi connectivity index (χ1n) is 7.18. The van der Waals surface area contributed by atoms with Gasteiger partial charge in [-0.05, 0) is 50.3 Å². The lowest BCUT2D eigenvalue weighted by molar-refractivity contribution is -0.124. The van der Waals surface area contributed by atoms with Gasteiger partial charge in [0.1, 0.15) is 5.75 Å². The largest absolute Gasteiger partial charge is 0.493 e. The van der Waals surface area contributed by atoms with Crippen molar-refractivity contribution in [2.24, 2.45) is 0 Å². The molecule has 2 N–H and O–H groups in total. The van der Waals surface area contributed by atoms with E-state index in [2.05, 4.69) is 5.32 Å². The second-order valence-corrected chi connectivity index (χ2v) is 5.72. The van der Waals surface area contributed by atoms with Crippen molar-refractivity contribution in [3.63, 3.8) is 0 Å². The lowest BCUT2D eigenvalue weighted by Gasteiger charge is -2.36. The van der Waals surface area contributed by atoms with Crippen LogP contribution in [-0.2, 0) is 4.79 Å². The van der Waals surface area contributed by atoms with Gasteiger partial charge in [-0.2, -0.15) is 0 Å². The first-order chi connectivity index (χ1) is 9.48. The van der Waals surface area contributed by atoms with Crippen LogP contribution in [-0.4, -0.2) is 29.8 Å². The number of amides is 1. The standard InChI is InChI=1S/C16H23NO3/c1-12-4-5-13(2)14(10-12)20-9-6-15(18)17-11-16(19)7-3-8-16/h4-5,10,19H,3,6-9,11H2,1-2H3,(H,17,18). The summed E-state index contributed by atoms with van der Waals surface area (Å²) in [6.07, 6.45) is 2.92. The summed E-state index contributed by atoms with van der Waals surface area (Å²) < 4.78 is 5.64. The van der Waals surface area contributed by atoms with Crippen molar-refractivity contribution in [3.05, 3.63) is 29.3 Å². The molecule has 2 rings (SSSR count). The Hall–Kier alpha value is -1.55. The molecular formula is C16H23NO3. The van der Waals surface area contributed by atoms with E-state index in [1.165, 1.54) is 0 Å². The van der Waals surface area contributed by atoms with Crippen molar-refractivity contribution in [3.8, 4) is 5.75 Å². The molecule has 0 aromatic heterocycles. The zero-order valence-corrected chi connectivity index (χ0v) is 12.2. The second kappa shape index (κ2) is 6.27. The van der Waals surface area contributed by atoms with Gasteiger partial charge >= 0.3 is 0 Å². The van der Waals surface area contributed by atoms with Crippen molar-refractivity contribution < 1.29 is 14.6 Å². The molecule has 1 aliphatic carbocycles. The topological polar surface area (TPSA) is 58.6 Å². The van der Waals surface area contributed by atoms with Crippen LogP contribution >= 0.6 is 0 Å².